The second-order valence-corrected chi connectivity index (χ2v) is 5.17. The van der Waals surface area contributed by atoms with Gasteiger partial charge in [0.2, 0.25) is 5.91 Å². The Labute approximate surface area is 120 Å². The van der Waals surface area contributed by atoms with Gasteiger partial charge >= 0.3 is 5.97 Å². The highest BCUT2D eigenvalue weighted by Gasteiger charge is 2.14. The van der Waals surface area contributed by atoms with Crippen molar-refractivity contribution < 1.29 is 14.3 Å². The molecule has 0 radical (unpaired) electrons. The minimum Gasteiger partial charge on any atom is -0.468 e. The second kappa shape index (κ2) is 8.04. The molecule has 7 heteroatoms. The molecule has 0 aliphatic rings. The highest BCUT2D eigenvalue weighted by molar-refractivity contribution is 8.00. The molecule has 0 aromatic heterocycles. The van der Waals surface area contributed by atoms with Crippen molar-refractivity contribution in [2.75, 3.05) is 23.9 Å². The van der Waals surface area contributed by atoms with E-state index in [0.29, 0.717) is 16.5 Å². The molecule has 1 rings (SSSR count). The number of amides is 1. The molecule has 1 aromatic rings. The molecule has 0 heterocycles. The predicted octanol–water partition coefficient (Wildman–Crippen LogP) is 1.51. The topological polar surface area (TPSA) is 81.4 Å². The molecule has 0 aliphatic heterocycles. The Morgan fingerprint density at radius 1 is 1.53 bits per heavy atom. The van der Waals surface area contributed by atoms with Crippen LogP contribution in [0.5, 0.6) is 0 Å². The lowest BCUT2D eigenvalue weighted by Crippen LogP contribution is -2.34. The molecule has 104 valence electrons. The molecular formula is C12H15ClN2O3S. The fraction of sp³-hybridized carbons (Fsp3) is 0.333. The molecule has 0 aliphatic carbocycles. The van der Waals surface area contributed by atoms with Crippen molar-refractivity contribution in [3.05, 3.63) is 29.3 Å². The fourth-order valence-electron chi connectivity index (χ4n) is 1.26. The molecule has 1 aromatic carbocycles. The van der Waals surface area contributed by atoms with E-state index in [-0.39, 0.29) is 11.7 Å². The quantitative estimate of drug-likeness (QED) is 0.779. The first-order valence-electron chi connectivity index (χ1n) is 5.49. The van der Waals surface area contributed by atoms with Crippen molar-refractivity contribution in [3.63, 3.8) is 0 Å². The van der Waals surface area contributed by atoms with Crippen molar-refractivity contribution >= 4 is 40.9 Å². The lowest BCUT2D eigenvalue weighted by atomic mass is 10.3. The molecule has 1 amide bonds. The van der Waals surface area contributed by atoms with Crippen LogP contribution >= 0.6 is 23.4 Å². The number of halogens is 1. The SMILES string of the molecule is COC(=O)C(N)CSCC(=O)Nc1cccc(Cl)c1. The third kappa shape index (κ3) is 5.96. The number of carbonyl (C=O) groups excluding carboxylic acids is 2. The number of hydrogen-bond acceptors (Lipinski definition) is 5. The Balaban J connectivity index is 2.30. The van der Waals surface area contributed by atoms with Crippen LogP contribution in [-0.2, 0) is 14.3 Å². The van der Waals surface area contributed by atoms with Crippen molar-refractivity contribution in [1.82, 2.24) is 0 Å². The number of nitrogens with two attached hydrogens (primary N) is 1. The van der Waals surface area contributed by atoms with E-state index in [4.69, 9.17) is 17.3 Å². The van der Waals surface area contributed by atoms with E-state index in [1.165, 1.54) is 18.9 Å². The minimum absolute atomic E-state index is 0.177. The van der Waals surface area contributed by atoms with Crippen molar-refractivity contribution in [2.24, 2.45) is 5.73 Å². The molecule has 0 saturated heterocycles. The third-order valence-electron chi connectivity index (χ3n) is 2.14. The zero-order valence-corrected chi connectivity index (χ0v) is 12.0. The Bertz CT molecular complexity index is 456. The largest absolute Gasteiger partial charge is 0.468 e. The minimum atomic E-state index is -0.714. The van der Waals surface area contributed by atoms with Gasteiger partial charge in [-0.15, -0.1) is 11.8 Å². The second-order valence-electron chi connectivity index (χ2n) is 3.70. The summed E-state index contributed by atoms with van der Waals surface area (Å²) < 4.78 is 4.49. The molecule has 1 atom stereocenters. The number of carbonyl (C=O) groups is 2. The number of esters is 1. The number of hydrogen-bond donors (Lipinski definition) is 2. The molecule has 0 fully saturated rings. The smallest absolute Gasteiger partial charge is 0.323 e. The van der Waals surface area contributed by atoms with Crippen LogP contribution in [0.3, 0.4) is 0 Å². The molecule has 0 saturated carbocycles. The zero-order chi connectivity index (χ0) is 14.3. The van der Waals surface area contributed by atoms with Gasteiger partial charge in [0.1, 0.15) is 6.04 Å². The van der Waals surface area contributed by atoms with Gasteiger partial charge in [-0.05, 0) is 18.2 Å². The zero-order valence-electron chi connectivity index (χ0n) is 10.4. The van der Waals surface area contributed by atoms with Crippen LogP contribution in [0.1, 0.15) is 0 Å². The van der Waals surface area contributed by atoms with Crippen LogP contribution in [0.4, 0.5) is 5.69 Å². The van der Waals surface area contributed by atoms with Gasteiger partial charge in [0.05, 0.1) is 12.9 Å². The molecular weight excluding hydrogens is 288 g/mol. The first-order valence-corrected chi connectivity index (χ1v) is 7.02. The summed E-state index contributed by atoms with van der Waals surface area (Å²) in [7, 11) is 1.28. The Hall–Kier alpha value is -1.24. The average molecular weight is 303 g/mol. The van der Waals surface area contributed by atoms with Gasteiger partial charge in [0, 0.05) is 16.5 Å². The normalized spacial score (nSPS) is 11.7. The summed E-state index contributed by atoms with van der Waals surface area (Å²) >= 11 is 7.07. The van der Waals surface area contributed by atoms with Gasteiger partial charge in [0.25, 0.3) is 0 Å². The van der Waals surface area contributed by atoms with E-state index in [1.807, 2.05) is 0 Å². The third-order valence-corrected chi connectivity index (χ3v) is 3.44. The van der Waals surface area contributed by atoms with E-state index in [9.17, 15) is 9.59 Å². The lowest BCUT2D eigenvalue weighted by molar-refractivity contribution is -0.141. The van der Waals surface area contributed by atoms with Crippen molar-refractivity contribution in [1.29, 1.82) is 0 Å². The molecule has 0 bridgehead atoms. The Kier molecular flexibility index (Phi) is 6.69. The van der Waals surface area contributed by atoms with Gasteiger partial charge in [-0.2, -0.15) is 0 Å². The summed E-state index contributed by atoms with van der Waals surface area (Å²) in [5.41, 5.74) is 6.18. The average Bonchev–Trinajstić information content (AvgIpc) is 2.37. The number of benzene rings is 1. The van der Waals surface area contributed by atoms with Gasteiger partial charge in [-0.3, -0.25) is 9.59 Å². The molecule has 0 spiro atoms. The first kappa shape index (κ1) is 15.8. The fourth-order valence-corrected chi connectivity index (χ4v) is 2.22. The number of ether oxygens (including phenoxy) is 1. The number of anilines is 1. The number of thioether (sulfide) groups is 1. The number of rotatable bonds is 6. The lowest BCUT2D eigenvalue weighted by Gasteiger charge is -2.09. The van der Waals surface area contributed by atoms with Crippen LogP contribution in [-0.4, -0.2) is 36.5 Å². The van der Waals surface area contributed by atoms with Gasteiger partial charge in [0.15, 0.2) is 0 Å². The van der Waals surface area contributed by atoms with Crippen molar-refractivity contribution in [3.8, 4) is 0 Å². The van der Waals surface area contributed by atoms with E-state index in [0.717, 1.165) is 0 Å². The first-order chi connectivity index (χ1) is 9.02. The molecule has 5 nitrogen and oxygen atoms in total. The maximum Gasteiger partial charge on any atom is 0.323 e. The van der Waals surface area contributed by atoms with Crippen LogP contribution in [0.25, 0.3) is 0 Å². The maximum atomic E-state index is 11.6. The van der Waals surface area contributed by atoms with E-state index in [2.05, 4.69) is 10.1 Å². The summed E-state index contributed by atoms with van der Waals surface area (Å²) in [6, 6.07) is 6.16. The van der Waals surface area contributed by atoms with E-state index >= 15 is 0 Å². The molecule has 19 heavy (non-hydrogen) atoms. The maximum absolute atomic E-state index is 11.6. The Morgan fingerprint density at radius 3 is 2.89 bits per heavy atom. The monoisotopic (exact) mass is 302 g/mol. The Morgan fingerprint density at radius 2 is 2.26 bits per heavy atom. The van der Waals surface area contributed by atoms with Gasteiger partial charge < -0.3 is 15.8 Å². The van der Waals surface area contributed by atoms with Crippen LogP contribution in [0.2, 0.25) is 5.02 Å². The summed E-state index contributed by atoms with van der Waals surface area (Å²) in [5, 5.41) is 3.25. The van der Waals surface area contributed by atoms with E-state index in [1.54, 1.807) is 24.3 Å². The molecule has 1 unspecified atom stereocenters. The number of methoxy groups -OCH3 is 1. The standard InChI is InChI=1S/C12H15ClN2O3S/c1-18-12(17)10(14)6-19-7-11(16)15-9-4-2-3-8(13)5-9/h2-5,10H,6-7,14H2,1H3,(H,15,16). The van der Waals surface area contributed by atoms with E-state index < -0.39 is 12.0 Å². The predicted molar refractivity (Wildman–Crippen MR) is 77.4 cm³/mol. The summed E-state index contributed by atoms with van der Waals surface area (Å²) in [6.45, 7) is 0. The number of nitrogens with one attached hydrogen (secondary N) is 1. The van der Waals surface area contributed by atoms with Gasteiger partial charge in [-0.25, -0.2) is 0 Å². The summed E-state index contributed by atoms with van der Waals surface area (Å²) in [4.78, 5) is 22.7. The molecule has 3 N–H and O–H groups in total. The van der Waals surface area contributed by atoms with Crippen LogP contribution < -0.4 is 11.1 Å². The van der Waals surface area contributed by atoms with Crippen molar-refractivity contribution in [2.45, 2.75) is 6.04 Å². The highest BCUT2D eigenvalue weighted by Crippen LogP contribution is 2.15. The summed E-state index contributed by atoms with van der Waals surface area (Å²) in [6.07, 6.45) is 0. The summed E-state index contributed by atoms with van der Waals surface area (Å²) in [5.74, 6) is -0.126. The van der Waals surface area contributed by atoms with Gasteiger partial charge in [-0.1, -0.05) is 17.7 Å². The van der Waals surface area contributed by atoms with Crippen LogP contribution in [0, 0.1) is 0 Å². The highest BCUT2D eigenvalue weighted by atomic mass is 35.5. The van der Waals surface area contributed by atoms with Crippen LogP contribution in [0.15, 0.2) is 24.3 Å².